The minimum Gasteiger partial charge on any atom is -0.478 e. The average Bonchev–Trinajstić information content (AvgIpc) is 3.16. The molecule has 2 heterocycles. The van der Waals surface area contributed by atoms with Crippen molar-refractivity contribution in [2.45, 2.75) is 37.4 Å². The van der Waals surface area contributed by atoms with Gasteiger partial charge in [0.05, 0.1) is 34.6 Å². The Kier molecular flexibility index (Phi) is 7.38. The zero-order chi connectivity index (χ0) is 25.4. The van der Waals surface area contributed by atoms with Crippen molar-refractivity contribution in [3.63, 3.8) is 0 Å². The minimum absolute atomic E-state index is 0.0715. The summed E-state index contributed by atoms with van der Waals surface area (Å²) in [4.78, 5) is 25.7. The summed E-state index contributed by atoms with van der Waals surface area (Å²) in [6.45, 7) is 1.98. The summed E-state index contributed by atoms with van der Waals surface area (Å²) in [5.41, 5.74) is -0.659. The summed E-state index contributed by atoms with van der Waals surface area (Å²) in [6.07, 6.45) is -4.78. The van der Waals surface area contributed by atoms with E-state index in [4.69, 9.17) is 0 Å². The molecule has 2 aromatic heterocycles. The highest BCUT2D eigenvalue weighted by atomic mass is 32.2. The second-order valence-corrected chi connectivity index (χ2v) is 10.1. The predicted octanol–water partition coefficient (Wildman–Crippen LogP) is 3.88. The highest BCUT2D eigenvalue weighted by molar-refractivity contribution is 7.91. The van der Waals surface area contributed by atoms with Crippen LogP contribution in [-0.2, 0) is 27.1 Å². The van der Waals surface area contributed by atoms with Gasteiger partial charge in [-0.05, 0) is 12.1 Å². The number of thiophene rings is 1. The Balaban J connectivity index is 2.49. The number of carbonyl (C=O) groups excluding carboxylic acids is 1. The normalized spacial score (nSPS) is 12.5. The summed E-state index contributed by atoms with van der Waals surface area (Å²) in [7, 11) is -2.55. The Hall–Kier alpha value is -2.81. The summed E-state index contributed by atoms with van der Waals surface area (Å²) < 4.78 is 90.4. The number of halogens is 5. The van der Waals surface area contributed by atoms with Crippen LogP contribution >= 0.6 is 11.3 Å². The molecule has 2 aromatic rings. The van der Waals surface area contributed by atoms with Crippen molar-refractivity contribution in [3.8, 4) is 0 Å². The zero-order valence-corrected chi connectivity index (χ0v) is 19.0. The Bertz CT molecular complexity index is 1180. The lowest BCUT2D eigenvalue weighted by Crippen LogP contribution is -2.32. The molecule has 0 spiro atoms. The molecular formula is C18H18F5N3O5S2. The number of amides is 1. The SMILES string of the molecule is CCS(=O)(=O)c1cc(N(C)C(C)=O)cnc1NCc1sc(C(F)(F)C(F)(F)F)cc1C(=O)O. The summed E-state index contributed by atoms with van der Waals surface area (Å²) in [5, 5.41) is 11.7. The molecule has 0 atom stereocenters. The first-order valence-electron chi connectivity index (χ1n) is 9.04. The first kappa shape index (κ1) is 26.4. The quantitative estimate of drug-likeness (QED) is 0.513. The van der Waals surface area contributed by atoms with Gasteiger partial charge in [-0.2, -0.15) is 22.0 Å². The topological polar surface area (TPSA) is 117 Å². The molecule has 0 saturated carbocycles. The van der Waals surface area contributed by atoms with Crippen molar-refractivity contribution in [1.82, 2.24) is 4.98 Å². The van der Waals surface area contributed by atoms with Crippen LogP contribution in [0.2, 0.25) is 0 Å². The minimum atomic E-state index is -5.93. The highest BCUT2D eigenvalue weighted by Gasteiger charge is 2.60. The summed E-state index contributed by atoms with van der Waals surface area (Å²) in [5.74, 6) is -8.07. The number of hydrogen-bond acceptors (Lipinski definition) is 7. The predicted molar refractivity (Wildman–Crippen MR) is 110 cm³/mol. The molecule has 2 rings (SSSR count). The van der Waals surface area contributed by atoms with Gasteiger partial charge in [0.2, 0.25) is 5.91 Å². The van der Waals surface area contributed by atoms with Gasteiger partial charge >= 0.3 is 18.1 Å². The number of pyridine rings is 1. The van der Waals surface area contributed by atoms with Crippen molar-refractivity contribution in [3.05, 3.63) is 33.6 Å². The number of carboxylic acids is 1. The van der Waals surface area contributed by atoms with Gasteiger partial charge < -0.3 is 15.3 Å². The van der Waals surface area contributed by atoms with Crippen molar-refractivity contribution in [2.24, 2.45) is 0 Å². The van der Waals surface area contributed by atoms with Gasteiger partial charge in [-0.1, -0.05) is 6.92 Å². The van der Waals surface area contributed by atoms with Gasteiger partial charge in [-0.25, -0.2) is 18.2 Å². The molecule has 0 aromatic carbocycles. The van der Waals surface area contributed by atoms with Crippen LogP contribution < -0.4 is 10.2 Å². The first-order valence-corrected chi connectivity index (χ1v) is 11.5. The Morgan fingerprint density at radius 3 is 2.30 bits per heavy atom. The lowest BCUT2D eigenvalue weighted by Gasteiger charge is -2.18. The molecule has 0 bridgehead atoms. The number of nitrogens with one attached hydrogen (secondary N) is 1. The van der Waals surface area contributed by atoms with E-state index in [9.17, 15) is 45.1 Å². The van der Waals surface area contributed by atoms with Gasteiger partial charge in [0.15, 0.2) is 9.84 Å². The maximum atomic E-state index is 13.7. The number of aromatic carboxylic acids is 1. The third-order valence-electron chi connectivity index (χ3n) is 4.53. The number of hydrogen-bond donors (Lipinski definition) is 2. The van der Waals surface area contributed by atoms with Crippen LogP contribution in [0.25, 0.3) is 0 Å². The second kappa shape index (κ2) is 9.21. The standard InChI is InChI=1S/C18H18F5N3O5S2/c1-4-33(30,31)13-5-10(26(3)9(2)27)7-24-15(13)25-8-12-11(16(28)29)6-14(32-12)17(19,20)18(21,22)23/h5-7H,4,8H2,1-3H3,(H,24,25)(H,28,29). The third-order valence-corrected chi connectivity index (χ3v) is 7.48. The molecule has 15 heteroatoms. The Morgan fingerprint density at radius 2 is 1.82 bits per heavy atom. The van der Waals surface area contributed by atoms with E-state index in [1.54, 1.807) is 0 Å². The monoisotopic (exact) mass is 515 g/mol. The van der Waals surface area contributed by atoms with E-state index >= 15 is 0 Å². The summed E-state index contributed by atoms with van der Waals surface area (Å²) >= 11 is -0.0715. The van der Waals surface area contributed by atoms with Crippen molar-refractivity contribution in [1.29, 1.82) is 0 Å². The van der Waals surface area contributed by atoms with Gasteiger partial charge in [-0.3, -0.25) is 4.79 Å². The van der Waals surface area contributed by atoms with Crippen LogP contribution in [0.5, 0.6) is 0 Å². The zero-order valence-electron chi connectivity index (χ0n) is 17.3. The second-order valence-electron chi connectivity index (χ2n) is 6.70. The first-order chi connectivity index (χ1) is 15.0. The molecule has 0 radical (unpaired) electrons. The van der Waals surface area contributed by atoms with E-state index in [2.05, 4.69) is 10.3 Å². The largest absolute Gasteiger partial charge is 0.478 e. The maximum absolute atomic E-state index is 13.7. The van der Waals surface area contributed by atoms with E-state index in [-0.39, 0.29) is 39.6 Å². The molecule has 0 fully saturated rings. The van der Waals surface area contributed by atoms with Crippen molar-refractivity contribution in [2.75, 3.05) is 23.0 Å². The molecule has 8 nitrogen and oxygen atoms in total. The van der Waals surface area contributed by atoms with Crippen LogP contribution in [-0.4, -0.2) is 49.4 Å². The Morgan fingerprint density at radius 1 is 1.21 bits per heavy atom. The third kappa shape index (κ3) is 5.40. The summed E-state index contributed by atoms with van der Waals surface area (Å²) in [6, 6.07) is 1.38. The van der Waals surface area contributed by atoms with Gasteiger partial charge in [-0.15, -0.1) is 11.3 Å². The van der Waals surface area contributed by atoms with E-state index in [0.717, 1.165) is 17.2 Å². The van der Waals surface area contributed by atoms with E-state index < -0.39 is 55.7 Å². The van der Waals surface area contributed by atoms with Crippen LogP contribution in [0.3, 0.4) is 0 Å². The van der Waals surface area contributed by atoms with Crippen molar-refractivity contribution >= 4 is 44.6 Å². The molecule has 1 amide bonds. The molecular weight excluding hydrogens is 497 g/mol. The fourth-order valence-corrected chi connectivity index (χ4v) is 4.64. The van der Waals surface area contributed by atoms with Crippen LogP contribution in [0.15, 0.2) is 23.2 Å². The van der Waals surface area contributed by atoms with Gasteiger partial charge in [0.25, 0.3) is 0 Å². The van der Waals surface area contributed by atoms with Crippen LogP contribution in [0, 0.1) is 0 Å². The maximum Gasteiger partial charge on any atom is 0.458 e. The number of sulfone groups is 1. The molecule has 182 valence electrons. The van der Waals surface area contributed by atoms with Gasteiger partial charge in [0.1, 0.15) is 10.7 Å². The van der Waals surface area contributed by atoms with Crippen LogP contribution in [0.1, 0.15) is 34.0 Å². The smallest absolute Gasteiger partial charge is 0.458 e. The Labute approximate surface area is 189 Å². The molecule has 2 N–H and O–H groups in total. The number of anilines is 2. The molecule has 0 aliphatic heterocycles. The number of aromatic nitrogens is 1. The lowest BCUT2D eigenvalue weighted by molar-refractivity contribution is -0.287. The fourth-order valence-electron chi connectivity index (χ4n) is 2.52. The van der Waals surface area contributed by atoms with Gasteiger partial charge in [0, 0.05) is 18.8 Å². The number of nitrogens with zero attached hydrogens (tertiary/aromatic N) is 2. The van der Waals surface area contributed by atoms with E-state index in [1.165, 1.54) is 20.9 Å². The highest BCUT2D eigenvalue weighted by Crippen LogP contribution is 2.47. The van der Waals surface area contributed by atoms with Crippen molar-refractivity contribution < 1.29 is 45.1 Å². The number of carbonyl (C=O) groups is 2. The molecule has 33 heavy (non-hydrogen) atoms. The van der Waals surface area contributed by atoms with E-state index in [1.807, 2.05) is 0 Å². The lowest BCUT2D eigenvalue weighted by atomic mass is 10.2. The average molecular weight is 515 g/mol. The van der Waals surface area contributed by atoms with Crippen LogP contribution in [0.4, 0.5) is 33.5 Å². The molecule has 0 aliphatic carbocycles. The molecule has 0 aliphatic rings. The molecule has 0 saturated heterocycles. The number of alkyl halides is 5. The fraction of sp³-hybridized carbons (Fsp3) is 0.389. The molecule has 0 unspecified atom stereocenters. The number of carboxylic acid groups (broad SMARTS) is 1. The van der Waals surface area contributed by atoms with E-state index in [0.29, 0.717) is 0 Å². The number of rotatable bonds is 8.